The van der Waals surface area contributed by atoms with Crippen molar-refractivity contribution in [3.8, 4) is 5.75 Å². The molecule has 0 radical (unpaired) electrons. The Hall–Kier alpha value is -2.04. The highest BCUT2D eigenvalue weighted by Gasteiger charge is 2.34. The average molecular weight is 302 g/mol. The average Bonchev–Trinajstić information content (AvgIpc) is 3.23. The lowest BCUT2D eigenvalue weighted by Gasteiger charge is -2.21. The first-order valence-electron chi connectivity index (χ1n) is 7.92. The Bertz CT molecular complexity index is 564. The smallest absolute Gasteiger partial charge is 0.263 e. The summed E-state index contributed by atoms with van der Waals surface area (Å²) in [5.74, 6) is 0.634. The molecule has 1 atom stereocenters. The lowest BCUT2D eigenvalue weighted by atomic mass is 10.2. The Kier molecular flexibility index (Phi) is 4.05. The van der Waals surface area contributed by atoms with E-state index in [4.69, 9.17) is 4.74 Å². The molecule has 1 aliphatic heterocycles. The zero-order valence-electron chi connectivity index (χ0n) is 13.0. The molecule has 2 aliphatic rings. The van der Waals surface area contributed by atoms with Gasteiger partial charge in [0.05, 0.1) is 0 Å². The van der Waals surface area contributed by atoms with Gasteiger partial charge in [0.2, 0.25) is 0 Å². The minimum Gasteiger partial charge on any atom is -0.481 e. The number of carbonyl (C=O) groups excluding carboxylic acids is 2. The number of nitrogens with zero attached hydrogens (tertiary/aromatic N) is 1. The van der Waals surface area contributed by atoms with E-state index in [-0.39, 0.29) is 17.9 Å². The third-order valence-electron chi connectivity index (χ3n) is 4.12. The van der Waals surface area contributed by atoms with Crippen molar-refractivity contribution in [2.24, 2.45) is 0 Å². The highest BCUT2D eigenvalue weighted by Crippen LogP contribution is 2.22. The molecule has 0 unspecified atom stereocenters. The summed E-state index contributed by atoms with van der Waals surface area (Å²) in [7, 11) is 0. The first-order chi connectivity index (χ1) is 10.5. The van der Waals surface area contributed by atoms with Gasteiger partial charge in [-0.15, -0.1) is 0 Å². The minimum absolute atomic E-state index is 0.0445. The monoisotopic (exact) mass is 302 g/mol. The summed E-state index contributed by atoms with van der Waals surface area (Å²) >= 11 is 0. The summed E-state index contributed by atoms with van der Waals surface area (Å²) in [6.07, 6.45) is 2.45. The van der Waals surface area contributed by atoms with E-state index in [9.17, 15) is 9.59 Å². The first-order valence-corrected chi connectivity index (χ1v) is 7.92. The molecule has 2 amide bonds. The lowest BCUT2D eigenvalue weighted by Crippen LogP contribution is -2.36. The Morgan fingerprint density at radius 2 is 1.91 bits per heavy atom. The van der Waals surface area contributed by atoms with Crippen LogP contribution in [0.5, 0.6) is 5.75 Å². The SMILES string of the molecule is CC(C)N1CC[C@H](Oc2ccc(C(=O)NC3CC3)cc2)C1=O. The van der Waals surface area contributed by atoms with Crippen LogP contribution in [0.4, 0.5) is 0 Å². The van der Waals surface area contributed by atoms with E-state index in [1.807, 2.05) is 18.7 Å². The minimum atomic E-state index is -0.409. The van der Waals surface area contributed by atoms with Crippen LogP contribution in [0.3, 0.4) is 0 Å². The summed E-state index contributed by atoms with van der Waals surface area (Å²) in [5.41, 5.74) is 0.626. The fraction of sp³-hybridized carbons (Fsp3) is 0.529. The predicted octanol–water partition coefficient (Wildman–Crippen LogP) is 1.97. The van der Waals surface area contributed by atoms with E-state index >= 15 is 0 Å². The van der Waals surface area contributed by atoms with Crippen molar-refractivity contribution in [1.29, 1.82) is 0 Å². The van der Waals surface area contributed by atoms with Crippen LogP contribution in [0.1, 0.15) is 43.5 Å². The second-order valence-electron chi connectivity index (χ2n) is 6.29. The van der Waals surface area contributed by atoms with Crippen molar-refractivity contribution in [3.05, 3.63) is 29.8 Å². The van der Waals surface area contributed by atoms with Crippen LogP contribution in [0.2, 0.25) is 0 Å². The Balaban J connectivity index is 1.59. The van der Waals surface area contributed by atoms with Gasteiger partial charge < -0.3 is 15.0 Å². The van der Waals surface area contributed by atoms with Crippen molar-refractivity contribution >= 4 is 11.8 Å². The molecule has 1 aromatic carbocycles. The van der Waals surface area contributed by atoms with Gasteiger partial charge >= 0.3 is 0 Å². The molecule has 0 spiro atoms. The summed E-state index contributed by atoms with van der Waals surface area (Å²) in [6, 6.07) is 7.55. The predicted molar refractivity (Wildman–Crippen MR) is 82.8 cm³/mol. The molecule has 1 heterocycles. The molecule has 118 valence electrons. The molecule has 5 nitrogen and oxygen atoms in total. The van der Waals surface area contributed by atoms with Crippen molar-refractivity contribution in [1.82, 2.24) is 10.2 Å². The Labute approximate surface area is 130 Å². The maximum atomic E-state index is 12.2. The zero-order chi connectivity index (χ0) is 15.7. The van der Waals surface area contributed by atoms with Gasteiger partial charge in [-0.25, -0.2) is 0 Å². The van der Waals surface area contributed by atoms with Crippen LogP contribution in [-0.2, 0) is 4.79 Å². The molecule has 0 aromatic heterocycles. The second-order valence-corrected chi connectivity index (χ2v) is 6.29. The van der Waals surface area contributed by atoms with E-state index in [0.29, 0.717) is 23.8 Å². The highest BCUT2D eigenvalue weighted by atomic mass is 16.5. The number of likely N-dealkylation sites (tertiary alicyclic amines) is 1. The molecule has 5 heteroatoms. The topological polar surface area (TPSA) is 58.6 Å². The molecule has 22 heavy (non-hydrogen) atoms. The van der Waals surface area contributed by atoms with Gasteiger partial charge in [-0.05, 0) is 51.0 Å². The largest absolute Gasteiger partial charge is 0.481 e. The van der Waals surface area contributed by atoms with Crippen molar-refractivity contribution < 1.29 is 14.3 Å². The van der Waals surface area contributed by atoms with Crippen molar-refractivity contribution in [2.45, 2.75) is 51.3 Å². The normalized spacial score (nSPS) is 21.3. The number of ether oxygens (including phenoxy) is 1. The van der Waals surface area contributed by atoms with Crippen molar-refractivity contribution in [2.75, 3.05) is 6.54 Å². The summed E-state index contributed by atoms with van der Waals surface area (Å²) in [6.45, 7) is 4.75. The molecule has 1 aliphatic carbocycles. The fourth-order valence-corrected chi connectivity index (χ4v) is 2.64. The van der Waals surface area contributed by atoms with Crippen LogP contribution >= 0.6 is 0 Å². The Morgan fingerprint density at radius 3 is 2.45 bits per heavy atom. The van der Waals surface area contributed by atoms with Gasteiger partial charge in [0.25, 0.3) is 11.8 Å². The molecular weight excluding hydrogens is 280 g/mol. The lowest BCUT2D eigenvalue weighted by molar-refractivity contribution is -0.134. The van der Waals surface area contributed by atoms with Crippen LogP contribution in [0.25, 0.3) is 0 Å². The number of benzene rings is 1. The quantitative estimate of drug-likeness (QED) is 0.904. The number of hydrogen-bond donors (Lipinski definition) is 1. The van der Waals surface area contributed by atoms with Gasteiger partial charge in [0.1, 0.15) is 5.75 Å². The second kappa shape index (κ2) is 5.99. The Morgan fingerprint density at radius 1 is 1.23 bits per heavy atom. The maximum absolute atomic E-state index is 12.2. The fourth-order valence-electron chi connectivity index (χ4n) is 2.64. The standard InChI is InChI=1S/C17H22N2O3/c1-11(2)19-10-9-15(17(19)21)22-14-7-3-12(4-8-14)16(20)18-13-5-6-13/h3-4,7-8,11,13,15H,5-6,9-10H2,1-2H3,(H,18,20)/t15-/m0/s1. The first kappa shape index (κ1) is 14.9. The summed E-state index contributed by atoms with van der Waals surface area (Å²) < 4.78 is 5.77. The number of rotatable bonds is 5. The molecule has 1 N–H and O–H groups in total. The number of amides is 2. The van der Waals surface area contributed by atoms with Crippen LogP contribution in [-0.4, -0.2) is 41.4 Å². The summed E-state index contributed by atoms with van der Waals surface area (Å²) in [4.78, 5) is 25.9. The molecule has 3 rings (SSSR count). The molecule has 1 saturated carbocycles. The molecule has 1 aromatic rings. The summed E-state index contributed by atoms with van der Waals surface area (Å²) in [5, 5.41) is 2.95. The van der Waals surface area contributed by atoms with Crippen molar-refractivity contribution in [3.63, 3.8) is 0 Å². The van der Waals surface area contributed by atoms with Crippen LogP contribution < -0.4 is 10.1 Å². The van der Waals surface area contributed by atoms with Gasteiger partial charge in [0, 0.05) is 30.6 Å². The maximum Gasteiger partial charge on any atom is 0.263 e. The number of carbonyl (C=O) groups is 2. The third-order valence-corrected chi connectivity index (χ3v) is 4.12. The van der Waals surface area contributed by atoms with E-state index < -0.39 is 6.10 Å². The third kappa shape index (κ3) is 3.24. The highest BCUT2D eigenvalue weighted by molar-refractivity contribution is 5.94. The van der Waals surface area contributed by atoms with Gasteiger partial charge in [-0.1, -0.05) is 0 Å². The van der Waals surface area contributed by atoms with Gasteiger partial charge in [-0.3, -0.25) is 9.59 Å². The number of hydrogen-bond acceptors (Lipinski definition) is 3. The molecule has 2 fully saturated rings. The zero-order valence-corrected chi connectivity index (χ0v) is 13.0. The van der Waals surface area contributed by atoms with E-state index in [1.165, 1.54) is 0 Å². The van der Waals surface area contributed by atoms with Gasteiger partial charge in [-0.2, -0.15) is 0 Å². The molecule has 0 bridgehead atoms. The van der Waals surface area contributed by atoms with E-state index in [0.717, 1.165) is 19.4 Å². The molecular formula is C17H22N2O3. The van der Waals surface area contributed by atoms with E-state index in [1.54, 1.807) is 24.3 Å². The van der Waals surface area contributed by atoms with Crippen LogP contribution in [0.15, 0.2) is 24.3 Å². The van der Waals surface area contributed by atoms with Gasteiger partial charge in [0.15, 0.2) is 6.10 Å². The van der Waals surface area contributed by atoms with E-state index in [2.05, 4.69) is 5.32 Å². The molecule has 1 saturated heterocycles. The van der Waals surface area contributed by atoms with Crippen LogP contribution in [0, 0.1) is 0 Å². The number of nitrogens with one attached hydrogen (secondary N) is 1.